The average Bonchev–Trinajstić information content (AvgIpc) is 2.46. The first-order valence-electron chi connectivity index (χ1n) is 28.2. The fraction of sp³-hybridized carbons (Fsp3) is 0.127. The van der Waals surface area contributed by atoms with Crippen molar-refractivity contribution in [1.29, 1.82) is 0 Å². The molecule has 0 saturated carbocycles. The lowest BCUT2D eigenvalue weighted by atomic mass is 10.1. The van der Waals surface area contributed by atoms with E-state index in [0.29, 0.717) is 87.7 Å². The number of phenols is 3. The highest BCUT2D eigenvalue weighted by Gasteiger charge is 2.26. The largest absolute Gasteiger partial charge is 0.507 e. The lowest BCUT2D eigenvalue weighted by Crippen LogP contribution is -2.11. The van der Waals surface area contributed by atoms with Gasteiger partial charge >= 0.3 is 0 Å². The van der Waals surface area contributed by atoms with Gasteiger partial charge in [-0.1, -0.05) is 109 Å². The zero-order chi connectivity index (χ0) is 60.7. The summed E-state index contributed by atoms with van der Waals surface area (Å²) in [5.41, 5.74) is 11.5. The van der Waals surface area contributed by atoms with E-state index in [2.05, 4.69) is 19.5 Å². The molecule has 0 amide bonds. The number of benzene rings is 5. The molecule has 5 aromatic carbocycles. The van der Waals surface area contributed by atoms with E-state index >= 15 is 0 Å². The van der Waals surface area contributed by atoms with Crippen molar-refractivity contribution in [2.24, 2.45) is 0 Å². The molecule has 13 rings (SSSR count). The number of fused-ring (bicyclic) bond motifs is 2. The van der Waals surface area contributed by atoms with Crippen molar-refractivity contribution in [3.05, 3.63) is 270 Å². The van der Waals surface area contributed by atoms with Gasteiger partial charge in [0.05, 0.1) is 22.2 Å². The lowest BCUT2D eigenvalue weighted by molar-refractivity contribution is 0.102. The van der Waals surface area contributed by atoms with Crippen molar-refractivity contribution < 1.29 is 39.5 Å². The predicted molar refractivity (Wildman–Crippen MR) is 334 cm³/mol. The molecule has 0 spiro atoms. The van der Waals surface area contributed by atoms with Crippen LogP contribution < -0.4 is 9.47 Å². The van der Waals surface area contributed by atoms with Crippen molar-refractivity contribution in [3.8, 4) is 80.0 Å². The van der Waals surface area contributed by atoms with E-state index in [9.17, 15) is 24.9 Å². The Kier molecular flexibility index (Phi) is 18.9. The Balaban J connectivity index is 0.000000136. The number of pyridine rings is 5. The van der Waals surface area contributed by atoms with Gasteiger partial charge in [-0.05, 0) is 148 Å². The van der Waals surface area contributed by atoms with Crippen molar-refractivity contribution in [2.45, 2.75) is 59.8 Å². The van der Waals surface area contributed by atoms with Crippen LogP contribution in [0.3, 0.4) is 0 Å². The van der Waals surface area contributed by atoms with Crippen molar-refractivity contribution >= 4 is 17.6 Å². The number of aromatic hydroxyl groups is 4. The second kappa shape index (κ2) is 27.9. The number of aromatic nitrogens is 8. The molecule has 434 valence electrons. The quantitative estimate of drug-likeness (QED) is 0.0623. The maximum atomic E-state index is 12.6. The highest BCUT2D eigenvalue weighted by molar-refractivity contribution is 6.08. The Morgan fingerprint density at radius 1 is 0.494 bits per heavy atom. The fourth-order valence-electron chi connectivity index (χ4n) is 9.72. The molecule has 16 heteroatoms. The topological polar surface area (TPSA) is 220 Å². The molecular formula is C71H62N8O8. The number of nitrogens with zero attached hydrogens (tertiary/aromatic N) is 8. The minimum Gasteiger partial charge on any atom is -0.507 e. The van der Waals surface area contributed by atoms with Gasteiger partial charge in [-0.2, -0.15) is 0 Å². The van der Waals surface area contributed by atoms with Gasteiger partial charge in [-0.3, -0.25) is 19.0 Å². The number of aryl methyl sites for hydroxylation is 3. The van der Waals surface area contributed by atoms with E-state index in [4.69, 9.17) is 29.5 Å². The molecule has 0 aliphatic carbocycles. The van der Waals surface area contributed by atoms with Gasteiger partial charge < -0.3 is 34.5 Å². The lowest BCUT2D eigenvalue weighted by Gasteiger charge is -2.17. The minimum atomic E-state index is -0.239. The normalized spacial score (nSPS) is 11.3. The predicted octanol–water partition coefficient (Wildman–Crippen LogP) is 14.1. The Hall–Kier alpha value is -11.3. The SMILES string of the molecule is Cc1ccc(O)c(-c2nc(-c3ccccc3O)n3c2CCCC3)n1.Cc1ccc(OCc2ccccc2)c(-c2nc(-c3ccccc3O)n3ccccc23)n1.Cc1ccc(OCc2ccccc2)c(C(=O)c2ccccn2)n1.O=Cc1ccccc1O. The molecule has 16 nitrogen and oxygen atoms in total. The number of ether oxygens (including phenoxy) is 2. The smallest absolute Gasteiger partial charge is 0.233 e. The van der Waals surface area contributed by atoms with Crippen LogP contribution in [-0.2, 0) is 26.2 Å². The fourth-order valence-corrected chi connectivity index (χ4v) is 9.72. The zero-order valence-corrected chi connectivity index (χ0v) is 48.1. The van der Waals surface area contributed by atoms with Crippen LogP contribution in [0, 0.1) is 20.8 Å². The number of ketones is 1. The Bertz CT molecular complexity index is 4320. The molecule has 1 aliphatic rings. The van der Waals surface area contributed by atoms with E-state index < -0.39 is 0 Å². The molecule has 87 heavy (non-hydrogen) atoms. The van der Waals surface area contributed by atoms with Crippen LogP contribution in [0.1, 0.15) is 73.3 Å². The van der Waals surface area contributed by atoms with E-state index in [1.165, 1.54) is 6.07 Å². The minimum absolute atomic E-state index is 0.0347. The maximum Gasteiger partial charge on any atom is 0.233 e. The summed E-state index contributed by atoms with van der Waals surface area (Å²) in [4.78, 5) is 50.1. The van der Waals surface area contributed by atoms with Crippen LogP contribution in [0.25, 0.3) is 51.1 Å². The van der Waals surface area contributed by atoms with E-state index in [0.717, 1.165) is 71.1 Å². The summed E-state index contributed by atoms with van der Waals surface area (Å²) in [6, 6.07) is 62.7. The van der Waals surface area contributed by atoms with E-state index in [1.807, 2.05) is 153 Å². The van der Waals surface area contributed by atoms with Crippen LogP contribution in [0.4, 0.5) is 0 Å². The number of para-hydroxylation sites is 3. The number of hydrogen-bond acceptors (Lipinski definition) is 14. The van der Waals surface area contributed by atoms with Gasteiger partial charge in [0.15, 0.2) is 12.0 Å². The first-order chi connectivity index (χ1) is 42.4. The summed E-state index contributed by atoms with van der Waals surface area (Å²) in [5, 5.41) is 39.8. The molecule has 8 heterocycles. The van der Waals surface area contributed by atoms with Gasteiger partial charge in [0, 0.05) is 41.7 Å². The van der Waals surface area contributed by atoms with Crippen LogP contribution in [0.2, 0.25) is 0 Å². The monoisotopic (exact) mass is 1150 g/mol. The summed E-state index contributed by atoms with van der Waals surface area (Å²) >= 11 is 0. The Morgan fingerprint density at radius 3 is 1.68 bits per heavy atom. The third kappa shape index (κ3) is 14.2. The van der Waals surface area contributed by atoms with Crippen LogP contribution in [-0.4, -0.2) is 71.4 Å². The number of hydrogen-bond donors (Lipinski definition) is 4. The molecule has 1 aliphatic heterocycles. The third-order valence-electron chi connectivity index (χ3n) is 14.1. The number of imidazole rings is 2. The molecule has 7 aromatic heterocycles. The second-order valence-corrected chi connectivity index (χ2v) is 20.3. The highest BCUT2D eigenvalue weighted by Crippen LogP contribution is 2.39. The molecule has 4 N–H and O–H groups in total. The average molecular weight is 1160 g/mol. The zero-order valence-electron chi connectivity index (χ0n) is 48.1. The number of aldehydes is 1. The van der Waals surface area contributed by atoms with Crippen LogP contribution in [0.15, 0.2) is 219 Å². The van der Waals surface area contributed by atoms with Gasteiger partial charge in [-0.15, -0.1) is 0 Å². The number of carbonyl (C=O) groups is 2. The van der Waals surface area contributed by atoms with Crippen molar-refractivity contribution in [3.63, 3.8) is 0 Å². The van der Waals surface area contributed by atoms with Crippen LogP contribution >= 0.6 is 0 Å². The van der Waals surface area contributed by atoms with E-state index in [-0.39, 0.29) is 28.8 Å². The highest BCUT2D eigenvalue weighted by atomic mass is 16.5. The van der Waals surface area contributed by atoms with Crippen LogP contribution in [0.5, 0.6) is 34.5 Å². The summed E-state index contributed by atoms with van der Waals surface area (Å²) < 4.78 is 16.1. The van der Waals surface area contributed by atoms with Gasteiger partial charge in [0.1, 0.15) is 87.8 Å². The van der Waals surface area contributed by atoms with Crippen molar-refractivity contribution in [1.82, 2.24) is 38.9 Å². The molecule has 0 saturated heterocycles. The molecule has 0 bridgehead atoms. The molecule has 12 aromatic rings. The first-order valence-corrected chi connectivity index (χ1v) is 28.2. The molecular weight excluding hydrogens is 1090 g/mol. The summed E-state index contributed by atoms with van der Waals surface area (Å²) in [7, 11) is 0. The first kappa shape index (κ1) is 58.9. The Morgan fingerprint density at radius 2 is 1.05 bits per heavy atom. The molecule has 0 radical (unpaired) electrons. The molecule has 0 unspecified atom stereocenters. The van der Waals surface area contributed by atoms with Gasteiger partial charge in [0.25, 0.3) is 0 Å². The maximum absolute atomic E-state index is 12.6. The standard InChI is InChI=1S/C26H21N3O2.C19H19N3O2.C19H16N2O2.C7H6O2/c1-18-14-15-23(31-17-19-9-3-2-4-10-19)25(27-18)24-21-12-7-8-16-29(21)26(28-24)20-11-5-6-13-22(20)30;1-12-9-10-16(24)18(20-12)17-14-7-4-5-11-22(14)19(21-17)13-6-2-3-8-15(13)23;1-14-10-11-17(23-13-15-7-3-2-4-8-15)18(21-14)19(22)16-9-5-6-12-20-16;8-5-6-3-1-2-4-7(6)9/h2-16,30H,17H2,1H3;2-3,6,8-10,23-24H,4-5,7,11H2,1H3;2-12H,13H2,1H3;1-5,9H. The summed E-state index contributed by atoms with van der Waals surface area (Å²) in [6.07, 6.45) is 7.21. The second-order valence-electron chi connectivity index (χ2n) is 20.3. The molecule has 0 atom stereocenters. The summed E-state index contributed by atoms with van der Waals surface area (Å²) in [5.74, 6) is 2.85. The van der Waals surface area contributed by atoms with Gasteiger partial charge in [-0.25, -0.2) is 24.9 Å². The number of phenolic OH excluding ortho intramolecular Hbond substituents is 3. The van der Waals surface area contributed by atoms with Crippen molar-refractivity contribution in [2.75, 3.05) is 0 Å². The molecule has 0 fully saturated rings. The summed E-state index contributed by atoms with van der Waals surface area (Å²) in [6.45, 7) is 7.38. The van der Waals surface area contributed by atoms with Gasteiger partial charge in [0.2, 0.25) is 5.78 Å². The number of carbonyl (C=O) groups excluding carboxylic acids is 2. The Labute approximate surface area is 503 Å². The number of rotatable bonds is 13. The third-order valence-corrected chi connectivity index (χ3v) is 14.1. The van der Waals surface area contributed by atoms with E-state index in [1.54, 1.807) is 85.1 Å².